The molecule has 0 saturated heterocycles. The van der Waals surface area contributed by atoms with Crippen molar-refractivity contribution in [2.24, 2.45) is 11.8 Å². The van der Waals surface area contributed by atoms with E-state index in [-0.39, 0.29) is 25.6 Å². The van der Waals surface area contributed by atoms with Crippen LogP contribution in [0.3, 0.4) is 0 Å². The number of benzene rings is 3. The maximum absolute atomic E-state index is 13.4. The first-order chi connectivity index (χ1) is 19.0. The van der Waals surface area contributed by atoms with Gasteiger partial charge in [0.05, 0.1) is 24.6 Å². The standard InChI is InChI=1S/C32H34N2O5/c35-21-28(24-14-6-2-7-15-24)33-30(36)27-19-11-10-18-26(20-23-12-4-1-5-13-23)32(38)39-22-29(34-31(27)37)25-16-8-3-9-17-25/h1-17,26-29,35H,18-22H2,(H,33,36)(H,34,37)/t26?,27?,28-,29?/m0/s1. The predicted molar refractivity (Wildman–Crippen MR) is 148 cm³/mol. The lowest BCUT2D eigenvalue weighted by atomic mass is 9.94. The summed E-state index contributed by atoms with van der Waals surface area (Å²) in [6.07, 6.45) is 4.69. The highest BCUT2D eigenvalue weighted by atomic mass is 16.5. The third-order valence-electron chi connectivity index (χ3n) is 6.86. The maximum atomic E-state index is 13.4. The number of ether oxygens (including phenoxy) is 1. The van der Waals surface area contributed by atoms with Crippen LogP contribution in [0.1, 0.15) is 41.6 Å². The van der Waals surface area contributed by atoms with Gasteiger partial charge in [0.25, 0.3) is 0 Å². The van der Waals surface area contributed by atoms with Crippen molar-refractivity contribution in [1.29, 1.82) is 0 Å². The van der Waals surface area contributed by atoms with Crippen LogP contribution in [0.4, 0.5) is 0 Å². The lowest BCUT2D eigenvalue weighted by molar-refractivity contribution is -0.150. The number of aliphatic hydroxyl groups excluding tert-OH is 1. The van der Waals surface area contributed by atoms with E-state index >= 15 is 0 Å². The number of allylic oxidation sites excluding steroid dienone is 2. The first-order valence-corrected chi connectivity index (χ1v) is 13.2. The smallest absolute Gasteiger partial charge is 0.309 e. The zero-order valence-electron chi connectivity index (χ0n) is 21.7. The second-order valence-corrected chi connectivity index (χ2v) is 9.64. The van der Waals surface area contributed by atoms with E-state index in [4.69, 9.17) is 4.74 Å². The van der Waals surface area contributed by atoms with Gasteiger partial charge in [-0.25, -0.2) is 0 Å². The minimum atomic E-state index is -1.03. The molecular formula is C32H34N2O5. The quantitative estimate of drug-likeness (QED) is 0.245. The maximum Gasteiger partial charge on any atom is 0.309 e. The summed E-state index contributed by atoms with van der Waals surface area (Å²) in [4.78, 5) is 39.9. The molecule has 3 unspecified atom stereocenters. The third-order valence-corrected chi connectivity index (χ3v) is 6.86. The normalized spacial score (nSPS) is 21.0. The van der Waals surface area contributed by atoms with E-state index in [1.807, 2.05) is 97.1 Å². The van der Waals surface area contributed by atoms with Gasteiger partial charge in [0.1, 0.15) is 12.5 Å². The molecule has 7 nitrogen and oxygen atoms in total. The molecular weight excluding hydrogens is 492 g/mol. The fraction of sp³-hybridized carbons (Fsp3) is 0.281. The van der Waals surface area contributed by atoms with Gasteiger partial charge in [-0.3, -0.25) is 14.4 Å². The van der Waals surface area contributed by atoms with Gasteiger partial charge in [0.15, 0.2) is 0 Å². The molecule has 3 N–H and O–H groups in total. The molecule has 0 radical (unpaired) electrons. The van der Waals surface area contributed by atoms with Crippen molar-refractivity contribution in [2.75, 3.05) is 13.2 Å². The monoisotopic (exact) mass is 526 g/mol. The molecule has 3 aromatic rings. The van der Waals surface area contributed by atoms with Gasteiger partial charge in [0.2, 0.25) is 11.8 Å². The fourth-order valence-electron chi connectivity index (χ4n) is 4.64. The summed E-state index contributed by atoms with van der Waals surface area (Å²) in [5.41, 5.74) is 2.54. The van der Waals surface area contributed by atoms with Gasteiger partial charge in [-0.1, -0.05) is 103 Å². The molecule has 0 aliphatic carbocycles. The molecule has 3 aromatic carbocycles. The van der Waals surface area contributed by atoms with E-state index in [9.17, 15) is 19.5 Å². The van der Waals surface area contributed by atoms with Gasteiger partial charge in [0, 0.05) is 0 Å². The van der Waals surface area contributed by atoms with Crippen LogP contribution in [-0.2, 0) is 25.5 Å². The highest BCUT2D eigenvalue weighted by Gasteiger charge is 2.31. The number of cyclic esters (lactones) is 1. The number of carbonyl (C=O) groups excluding carboxylic acids is 3. The average molecular weight is 527 g/mol. The van der Waals surface area contributed by atoms with Crippen LogP contribution in [0.2, 0.25) is 0 Å². The molecule has 202 valence electrons. The highest BCUT2D eigenvalue weighted by Crippen LogP contribution is 2.21. The molecule has 0 bridgehead atoms. The molecule has 1 aliphatic rings. The largest absolute Gasteiger partial charge is 0.463 e. The van der Waals surface area contributed by atoms with Crippen LogP contribution in [-0.4, -0.2) is 36.1 Å². The summed E-state index contributed by atoms with van der Waals surface area (Å²) in [5, 5.41) is 15.7. The number of rotatable bonds is 7. The Balaban J connectivity index is 1.58. The molecule has 1 heterocycles. The Morgan fingerprint density at radius 1 is 0.897 bits per heavy atom. The lowest BCUT2D eigenvalue weighted by Crippen LogP contribution is -2.45. The Kier molecular flexibility index (Phi) is 10.0. The SMILES string of the molecule is O=C1OCC(c2ccccc2)NC(=O)C(C(=O)N[C@@H](CO)c2ccccc2)CC=CCC1Cc1ccccc1. The van der Waals surface area contributed by atoms with Crippen molar-refractivity contribution in [1.82, 2.24) is 10.6 Å². The summed E-state index contributed by atoms with van der Waals surface area (Å²) >= 11 is 0. The molecule has 4 atom stereocenters. The summed E-state index contributed by atoms with van der Waals surface area (Å²) < 4.78 is 5.73. The van der Waals surface area contributed by atoms with Crippen LogP contribution >= 0.6 is 0 Å². The van der Waals surface area contributed by atoms with E-state index in [2.05, 4.69) is 10.6 Å². The van der Waals surface area contributed by atoms with Crippen molar-refractivity contribution < 1.29 is 24.2 Å². The molecule has 4 rings (SSSR count). The summed E-state index contributed by atoms with van der Waals surface area (Å²) in [6.45, 7) is -0.356. The number of hydrogen-bond donors (Lipinski definition) is 3. The molecule has 0 aromatic heterocycles. The zero-order chi connectivity index (χ0) is 27.5. The molecule has 0 spiro atoms. The van der Waals surface area contributed by atoms with E-state index < -0.39 is 35.7 Å². The number of amides is 2. The van der Waals surface area contributed by atoms with Crippen molar-refractivity contribution in [3.63, 3.8) is 0 Å². The molecule has 2 amide bonds. The minimum Gasteiger partial charge on any atom is -0.463 e. The van der Waals surface area contributed by atoms with Gasteiger partial charge < -0.3 is 20.5 Å². The molecule has 1 aliphatic heterocycles. The Bertz CT molecular complexity index is 1250. The lowest BCUT2D eigenvalue weighted by Gasteiger charge is -2.25. The first-order valence-electron chi connectivity index (χ1n) is 13.2. The van der Waals surface area contributed by atoms with Gasteiger partial charge in [-0.05, 0) is 36.0 Å². The fourth-order valence-corrected chi connectivity index (χ4v) is 4.64. The number of hydrogen-bond acceptors (Lipinski definition) is 5. The van der Waals surface area contributed by atoms with Gasteiger partial charge in [-0.2, -0.15) is 0 Å². The van der Waals surface area contributed by atoms with Gasteiger partial charge in [-0.15, -0.1) is 0 Å². The predicted octanol–water partition coefficient (Wildman–Crippen LogP) is 4.06. The number of nitrogens with one attached hydrogen (secondary N) is 2. The third kappa shape index (κ3) is 7.88. The summed E-state index contributed by atoms with van der Waals surface area (Å²) in [6, 6.07) is 26.9. The van der Waals surface area contributed by atoms with E-state index in [1.54, 1.807) is 6.08 Å². The van der Waals surface area contributed by atoms with Crippen molar-refractivity contribution >= 4 is 17.8 Å². The van der Waals surface area contributed by atoms with Crippen LogP contribution in [0.15, 0.2) is 103 Å². The highest BCUT2D eigenvalue weighted by molar-refractivity contribution is 6.00. The number of aliphatic hydroxyl groups is 1. The molecule has 0 saturated carbocycles. The van der Waals surface area contributed by atoms with Crippen molar-refractivity contribution in [2.45, 2.75) is 31.3 Å². The van der Waals surface area contributed by atoms with Crippen LogP contribution < -0.4 is 10.6 Å². The Labute approximate surface area is 228 Å². The molecule has 39 heavy (non-hydrogen) atoms. The van der Waals surface area contributed by atoms with Crippen molar-refractivity contribution in [3.8, 4) is 0 Å². The topological polar surface area (TPSA) is 105 Å². The Morgan fingerprint density at radius 3 is 2.18 bits per heavy atom. The minimum absolute atomic E-state index is 0.0544. The summed E-state index contributed by atoms with van der Waals surface area (Å²) in [7, 11) is 0. The average Bonchev–Trinajstić information content (AvgIpc) is 2.97. The van der Waals surface area contributed by atoms with Gasteiger partial charge >= 0.3 is 5.97 Å². The Morgan fingerprint density at radius 2 is 1.51 bits per heavy atom. The van der Waals surface area contributed by atoms with E-state index in [0.29, 0.717) is 12.8 Å². The second-order valence-electron chi connectivity index (χ2n) is 9.64. The summed E-state index contributed by atoms with van der Waals surface area (Å²) in [5.74, 6) is -2.73. The number of esters is 1. The number of carbonyl (C=O) groups is 3. The van der Waals surface area contributed by atoms with Crippen molar-refractivity contribution in [3.05, 3.63) is 120 Å². The van der Waals surface area contributed by atoms with E-state index in [0.717, 1.165) is 16.7 Å². The van der Waals surface area contributed by atoms with Crippen LogP contribution in [0.5, 0.6) is 0 Å². The second kappa shape index (κ2) is 14.1. The van der Waals surface area contributed by atoms with Crippen LogP contribution in [0.25, 0.3) is 0 Å². The van der Waals surface area contributed by atoms with E-state index in [1.165, 1.54) is 0 Å². The molecule has 7 heteroatoms. The zero-order valence-corrected chi connectivity index (χ0v) is 21.7. The first kappa shape index (κ1) is 27.8. The Hall–Kier alpha value is -4.23. The van der Waals surface area contributed by atoms with Crippen LogP contribution in [0, 0.1) is 11.8 Å². The molecule has 0 fully saturated rings.